The summed E-state index contributed by atoms with van der Waals surface area (Å²) < 4.78 is 18.5. The molecule has 0 radical (unpaired) electrons. The average molecular weight is 264 g/mol. The van der Waals surface area contributed by atoms with E-state index < -0.39 is 10.7 Å². The maximum atomic E-state index is 13.2. The Hall–Kier alpha value is -2.37. The van der Waals surface area contributed by atoms with Crippen molar-refractivity contribution in [1.29, 1.82) is 0 Å². The van der Waals surface area contributed by atoms with Crippen LogP contribution in [0, 0.1) is 15.9 Å². The first-order valence-corrected chi connectivity index (χ1v) is 5.85. The molecule has 1 atom stereocenters. The molecule has 1 N–H and O–H groups in total. The van der Waals surface area contributed by atoms with Crippen molar-refractivity contribution in [2.45, 2.75) is 19.4 Å². The molecule has 1 unspecified atom stereocenters. The molecule has 5 nitrogen and oxygen atoms in total. The van der Waals surface area contributed by atoms with Crippen LogP contribution in [-0.2, 0) is 0 Å². The Morgan fingerprint density at radius 2 is 2.26 bits per heavy atom. The molecule has 1 aromatic heterocycles. The molecule has 2 rings (SSSR count). The maximum absolute atomic E-state index is 13.2. The summed E-state index contributed by atoms with van der Waals surface area (Å²) in [5, 5.41) is 13.9. The highest BCUT2D eigenvalue weighted by atomic mass is 19.1. The lowest BCUT2D eigenvalue weighted by molar-refractivity contribution is -0.384. The van der Waals surface area contributed by atoms with Crippen molar-refractivity contribution in [3.05, 3.63) is 58.3 Å². The molecule has 19 heavy (non-hydrogen) atoms. The van der Waals surface area contributed by atoms with Gasteiger partial charge in [0.2, 0.25) is 0 Å². The van der Waals surface area contributed by atoms with E-state index in [4.69, 9.17) is 4.42 Å². The van der Waals surface area contributed by atoms with Crippen molar-refractivity contribution >= 4 is 11.4 Å². The van der Waals surface area contributed by atoms with Gasteiger partial charge in [0.25, 0.3) is 5.69 Å². The van der Waals surface area contributed by atoms with Crippen LogP contribution in [0.1, 0.15) is 25.1 Å². The number of halogens is 1. The van der Waals surface area contributed by atoms with Gasteiger partial charge < -0.3 is 9.73 Å². The number of nitrogens with zero attached hydrogens (tertiary/aromatic N) is 1. The predicted molar refractivity (Wildman–Crippen MR) is 68.4 cm³/mol. The van der Waals surface area contributed by atoms with Crippen LogP contribution < -0.4 is 5.32 Å². The van der Waals surface area contributed by atoms with Crippen molar-refractivity contribution in [3.63, 3.8) is 0 Å². The van der Waals surface area contributed by atoms with E-state index in [-0.39, 0.29) is 17.4 Å². The van der Waals surface area contributed by atoms with Gasteiger partial charge in [0, 0.05) is 12.1 Å². The van der Waals surface area contributed by atoms with Gasteiger partial charge >= 0.3 is 0 Å². The fourth-order valence-electron chi connectivity index (χ4n) is 1.83. The van der Waals surface area contributed by atoms with Crippen LogP contribution in [0.25, 0.3) is 0 Å². The van der Waals surface area contributed by atoms with Gasteiger partial charge in [-0.1, -0.05) is 6.92 Å². The van der Waals surface area contributed by atoms with E-state index in [9.17, 15) is 14.5 Å². The average Bonchev–Trinajstić information content (AvgIpc) is 2.89. The van der Waals surface area contributed by atoms with Crippen molar-refractivity contribution in [2.24, 2.45) is 0 Å². The molecule has 0 aliphatic carbocycles. The summed E-state index contributed by atoms with van der Waals surface area (Å²) >= 11 is 0. The predicted octanol–water partition coefficient (Wildman–Crippen LogP) is 3.89. The third-order valence-electron chi connectivity index (χ3n) is 2.78. The summed E-state index contributed by atoms with van der Waals surface area (Å²) in [6.45, 7) is 1.91. The Morgan fingerprint density at radius 3 is 2.84 bits per heavy atom. The number of anilines is 1. The van der Waals surface area contributed by atoms with E-state index in [2.05, 4.69) is 5.32 Å². The van der Waals surface area contributed by atoms with Crippen LogP contribution in [0.15, 0.2) is 41.0 Å². The van der Waals surface area contributed by atoms with Crippen LogP contribution >= 0.6 is 0 Å². The molecule has 0 saturated carbocycles. The van der Waals surface area contributed by atoms with E-state index in [1.807, 2.05) is 6.92 Å². The van der Waals surface area contributed by atoms with E-state index in [1.54, 1.807) is 12.1 Å². The zero-order valence-corrected chi connectivity index (χ0v) is 10.3. The standard InChI is InChI=1S/C13H13FN2O3/c1-2-10(13-4-3-7-19-13)15-11-8-9(14)5-6-12(11)16(17)18/h3-8,10,15H,2H2,1H3. The number of furan rings is 1. The topological polar surface area (TPSA) is 68.3 Å². The Labute approximate surface area is 109 Å². The molecule has 2 aromatic rings. The Balaban J connectivity index is 2.31. The summed E-state index contributed by atoms with van der Waals surface area (Å²) in [5.74, 6) is 0.128. The molecule has 1 aromatic carbocycles. The van der Waals surface area contributed by atoms with E-state index in [0.717, 1.165) is 18.2 Å². The molecule has 0 aliphatic heterocycles. The minimum absolute atomic E-state index is 0.147. The normalized spacial score (nSPS) is 12.1. The number of nitro groups is 1. The van der Waals surface area contributed by atoms with Gasteiger partial charge in [0.15, 0.2) is 0 Å². The van der Waals surface area contributed by atoms with Crippen LogP contribution in [0.5, 0.6) is 0 Å². The SMILES string of the molecule is CCC(Nc1cc(F)ccc1[N+](=O)[O-])c1ccco1. The Bertz CT molecular complexity index is 569. The lowest BCUT2D eigenvalue weighted by Crippen LogP contribution is -2.10. The number of hydrogen-bond donors (Lipinski definition) is 1. The van der Waals surface area contributed by atoms with Crippen molar-refractivity contribution < 1.29 is 13.7 Å². The fraction of sp³-hybridized carbons (Fsp3) is 0.231. The van der Waals surface area contributed by atoms with E-state index in [0.29, 0.717) is 12.2 Å². The zero-order valence-electron chi connectivity index (χ0n) is 10.3. The molecular weight excluding hydrogens is 251 g/mol. The maximum Gasteiger partial charge on any atom is 0.292 e. The summed E-state index contributed by atoms with van der Waals surface area (Å²) in [5.41, 5.74) is -0.0142. The molecule has 0 fully saturated rings. The van der Waals surface area contributed by atoms with Crippen LogP contribution in [0.3, 0.4) is 0 Å². The first kappa shape index (κ1) is 13.1. The highest BCUT2D eigenvalue weighted by Gasteiger charge is 2.19. The molecule has 0 aliphatic rings. The van der Waals surface area contributed by atoms with Gasteiger partial charge in [-0.05, 0) is 24.6 Å². The molecule has 0 saturated heterocycles. The minimum Gasteiger partial charge on any atom is -0.467 e. The zero-order chi connectivity index (χ0) is 13.8. The van der Waals surface area contributed by atoms with Gasteiger partial charge in [-0.3, -0.25) is 10.1 Å². The smallest absolute Gasteiger partial charge is 0.292 e. The minimum atomic E-state index is -0.545. The van der Waals surface area contributed by atoms with Crippen LogP contribution in [-0.4, -0.2) is 4.92 Å². The first-order chi connectivity index (χ1) is 9.11. The van der Waals surface area contributed by atoms with Crippen LogP contribution in [0.2, 0.25) is 0 Å². The number of benzene rings is 1. The van der Waals surface area contributed by atoms with Crippen molar-refractivity contribution in [3.8, 4) is 0 Å². The third kappa shape index (κ3) is 2.90. The Kier molecular flexibility index (Phi) is 3.79. The molecule has 100 valence electrons. The summed E-state index contributed by atoms with van der Waals surface area (Å²) in [7, 11) is 0. The van der Waals surface area contributed by atoms with Gasteiger partial charge in [0.05, 0.1) is 17.2 Å². The second kappa shape index (κ2) is 5.51. The quantitative estimate of drug-likeness (QED) is 0.657. The number of hydrogen-bond acceptors (Lipinski definition) is 4. The first-order valence-electron chi connectivity index (χ1n) is 5.85. The largest absolute Gasteiger partial charge is 0.467 e. The molecular formula is C13H13FN2O3. The van der Waals surface area contributed by atoms with E-state index >= 15 is 0 Å². The van der Waals surface area contributed by atoms with Crippen molar-refractivity contribution in [1.82, 2.24) is 0 Å². The summed E-state index contributed by atoms with van der Waals surface area (Å²) in [6, 6.07) is 6.59. The number of rotatable bonds is 5. The summed E-state index contributed by atoms with van der Waals surface area (Å²) in [6.07, 6.45) is 2.18. The molecule has 0 bridgehead atoms. The second-order valence-electron chi connectivity index (χ2n) is 4.04. The van der Waals surface area contributed by atoms with Gasteiger partial charge in [-0.25, -0.2) is 4.39 Å². The fourth-order valence-corrected chi connectivity index (χ4v) is 1.83. The monoisotopic (exact) mass is 264 g/mol. The lowest BCUT2D eigenvalue weighted by Gasteiger charge is -2.16. The van der Waals surface area contributed by atoms with Gasteiger partial charge in [0.1, 0.15) is 17.3 Å². The van der Waals surface area contributed by atoms with E-state index in [1.165, 1.54) is 6.26 Å². The summed E-state index contributed by atoms with van der Waals surface area (Å²) in [4.78, 5) is 10.4. The molecule has 1 heterocycles. The Morgan fingerprint density at radius 1 is 1.47 bits per heavy atom. The second-order valence-corrected chi connectivity index (χ2v) is 4.04. The van der Waals surface area contributed by atoms with Gasteiger partial charge in [-0.2, -0.15) is 0 Å². The highest BCUT2D eigenvalue weighted by molar-refractivity contribution is 5.62. The third-order valence-corrected chi connectivity index (χ3v) is 2.78. The number of nitro benzene ring substituents is 1. The van der Waals surface area contributed by atoms with Gasteiger partial charge in [-0.15, -0.1) is 0 Å². The number of nitrogens with one attached hydrogen (secondary N) is 1. The molecule has 6 heteroatoms. The molecule has 0 spiro atoms. The van der Waals surface area contributed by atoms with Crippen molar-refractivity contribution in [2.75, 3.05) is 5.32 Å². The molecule has 0 amide bonds. The lowest BCUT2D eigenvalue weighted by atomic mass is 10.1. The highest BCUT2D eigenvalue weighted by Crippen LogP contribution is 2.30. The van der Waals surface area contributed by atoms with Crippen LogP contribution in [0.4, 0.5) is 15.8 Å².